The largest absolute Gasteiger partial charge is 0.496 e. The number of carbonyl (C=O) groups is 4. The number of thiazole rings is 1. The van der Waals surface area contributed by atoms with E-state index in [0.717, 1.165) is 22.3 Å². The molecule has 1 aliphatic rings. The van der Waals surface area contributed by atoms with Gasteiger partial charge < -0.3 is 25.2 Å². The van der Waals surface area contributed by atoms with Gasteiger partial charge in [-0.1, -0.05) is 24.3 Å². The van der Waals surface area contributed by atoms with Crippen molar-refractivity contribution in [2.24, 2.45) is 0 Å². The molecule has 2 aromatic carbocycles. The summed E-state index contributed by atoms with van der Waals surface area (Å²) >= 11 is 0.878. The van der Waals surface area contributed by atoms with Crippen LogP contribution >= 0.6 is 11.3 Å². The first-order chi connectivity index (χ1) is 17.7. The Balaban J connectivity index is 1.67. The second-order valence-corrected chi connectivity index (χ2v) is 8.71. The molecule has 4 amide bonds. The van der Waals surface area contributed by atoms with Crippen molar-refractivity contribution in [2.75, 3.05) is 19.5 Å². The minimum atomic E-state index is -1.37. The SMILES string of the molecule is COc1ccc([C@H]2NC(=O)N([C@@H](Cc3ccccc3OC)C(=O)Nc3nc(C(=O)O)cs3)C2=O)cc1F. The summed E-state index contributed by atoms with van der Waals surface area (Å²) in [5.41, 5.74) is 0.440. The van der Waals surface area contributed by atoms with Gasteiger partial charge in [0, 0.05) is 11.8 Å². The van der Waals surface area contributed by atoms with E-state index < -0.39 is 41.7 Å². The summed E-state index contributed by atoms with van der Waals surface area (Å²) in [4.78, 5) is 55.5. The molecule has 2 atom stereocenters. The Labute approximate surface area is 213 Å². The molecule has 0 aliphatic carbocycles. The first-order valence-electron chi connectivity index (χ1n) is 10.8. The first-order valence-corrected chi connectivity index (χ1v) is 11.7. The molecule has 0 bridgehead atoms. The van der Waals surface area contributed by atoms with Gasteiger partial charge in [-0.15, -0.1) is 11.3 Å². The Hall–Kier alpha value is -4.52. The maximum atomic E-state index is 14.3. The molecule has 0 radical (unpaired) electrons. The Kier molecular flexibility index (Phi) is 7.34. The fourth-order valence-electron chi connectivity index (χ4n) is 3.88. The highest BCUT2D eigenvalue weighted by Gasteiger charge is 2.45. The van der Waals surface area contributed by atoms with Crippen LogP contribution in [0, 0.1) is 5.82 Å². The molecule has 1 aliphatic heterocycles. The maximum Gasteiger partial charge on any atom is 0.355 e. The zero-order valence-electron chi connectivity index (χ0n) is 19.6. The zero-order valence-corrected chi connectivity index (χ0v) is 20.4. The number of urea groups is 1. The van der Waals surface area contributed by atoms with Crippen LogP contribution in [-0.2, 0) is 16.0 Å². The lowest BCUT2D eigenvalue weighted by atomic mass is 10.0. The van der Waals surface area contributed by atoms with Crippen LogP contribution in [0.2, 0.25) is 0 Å². The first kappa shape index (κ1) is 25.6. The third-order valence-corrected chi connectivity index (χ3v) is 6.41. The van der Waals surface area contributed by atoms with E-state index in [0.29, 0.717) is 11.3 Å². The third-order valence-electron chi connectivity index (χ3n) is 5.65. The molecular formula is C24H21FN4O7S. The number of aromatic carboxylic acids is 1. The number of imide groups is 1. The van der Waals surface area contributed by atoms with E-state index in [2.05, 4.69) is 15.6 Å². The summed E-state index contributed by atoms with van der Waals surface area (Å²) in [7, 11) is 2.74. The highest BCUT2D eigenvalue weighted by Crippen LogP contribution is 2.30. The molecule has 0 saturated carbocycles. The lowest BCUT2D eigenvalue weighted by molar-refractivity contribution is -0.134. The highest BCUT2D eigenvalue weighted by molar-refractivity contribution is 7.14. The van der Waals surface area contributed by atoms with Crippen molar-refractivity contribution in [2.45, 2.75) is 18.5 Å². The number of benzene rings is 2. The third kappa shape index (κ3) is 5.21. The monoisotopic (exact) mass is 528 g/mol. The number of carbonyl (C=O) groups excluding carboxylic acids is 3. The van der Waals surface area contributed by atoms with Gasteiger partial charge in [-0.25, -0.2) is 23.9 Å². The van der Waals surface area contributed by atoms with Crippen molar-refractivity contribution in [3.05, 3.63) is 70.5 Å². The second-order valence-electron chi connectivity index (χ2n) is 7.85. The van der Waals surface area contributed by atoms with Crippen molar-refractivity contribution < 1.29 is 38.1 Å². The van der Waals surface area contributed by atoms with Gasteiger partial charge in [-0.3, -0.25) is 9.59 Å². The molecule has 37 heavy (non-hydrogen) atoms. The van der Waals surface area contributed by atoms with E-state index in [1.54, 1.807) is 24.3 Å². The predicted molar refractivity (Wildman–Crippen MR) is 129 cm³/mol. The van der Waals surface area contributed by atoms with E-state index in [-0.39, 0.29) is 28.6 Å². The van der Waals surface area contributed by atoms with Crippen molar-refractivity contribution in [1.82, 2.24) is 15.2 Å². The molecule has 3 N–H and O–H groups in total. The number of nitrogens with one attached hydrogen (secondary N) is 2. The number of hydrogen-bond donors (Lipinski definition) is 3. The Morgan fingerprint density at radius 1 is 1.19 bits per heavy atom. The molecule has 0 unspecified atom stereocenters. The minimum Gasteiger partial charge on any atom is -0.496 e. The van der Waals surface area contributed by atoms with E-state index in [1.165, 1.54) is 31.7 Å². The summed E-state index contributed by atoms with van der Waals surface area (Å²) in [5.74, 6) is -3.14. The molecule has 3 aromatic rings. The van der Waals surface area contributed by atoms with Crippen LogP contribution in [-0.4, -0.2) is 59.1 Å². The highest BCUT2D eigenvalue weighted by atomic mass is 32.1. The van der Waals surface area contributed by atoms with Gasteiger partial charge in [0.2, 0.25) is 5.91 Å². The van der Waals surface area contributed by atoms with Gasteiger partial charge >= 0.3 is 12.0 Å². The molecule has 13 heteroatoms. The summed E-state index contributed by atoms with van der Waals surface area (Å²) in [5, 5.41) is 15.3. The number of hydrogen-bond acceptors (Lipinski definition) is 8. The standard InChI is InChI=1S/C24H21FN4O7S/c1-35-17-6-4-3-5-12(17)10-16(20(30)28-23-26-15(11-37-23)22(32)33)29-21(31)19(27-24(29)34)13-7-8-18(36-2)14(25)9-13/h3-9,11,16,19H,10H2,1-2H3,(H,27,34)(H,32,33)(H,26,28,30)/t16-,19+/m0/s1. The lowest BCUT2D eigenvalue weighted by Crippen LogP contribution is -2.49. The number of ether oxygens (including phenoxy) is 2. The minimum absolute atomic E-state index is 0.0201. The molecule has 1 aromatic heterocycles. The number of rotatable bonds is 9. The molecule has 192 valence electrons. The van der Waals surface area contributed by atoms with Gasteiger partial charge in [-0.2, -0.15) is 0 Å². The van der Waals surface area contributed by atoms with Crippen LogP contribution in [0.15, 0.2) is 47.8 Å². The predicted octanol–water partition coefficient (Wildman–Crippen LogP) is 2.84. The average Bonchev–Trinajstić information content (AvgIpc) is 3.46. The van der Waals surface area contributed by atoms with Crippen molar-refractivity contribution in [3.8, 4) is 11.5 Å². The number of halogens is 1. The molecule has 4 rings (SSSR count). The van der Waals surface area contributed by atoms with Crippen LogP contribution in [0.4, 0.5) is 14.3 Å². The topological polar surface area (TPSA) is 147 Å². The Bertz CT molecular complexity index is 1380. The van der Waals surface area contributed by atoms with E-state index >= 15 is 0 Å². The van der Waals surface area contributed by atoms with Crippen molar-refractivity contribution in [3.63, 3.8) is 0 Å². The van der Waals surface area contributed by atoms with Crippen LogP contribution in [0.25, 0.3) is 0 Å². The average molecular weight is 529 g/mol. The summed E-state index contributed by atoms with van der Waals surface area (Å²) in [6.07, 6.45) is -0.115. The summed E-state index contributed by atoms with van der Waals surface area (Å²) in [6, 6.07) is 7.16. The molecule has 11 nitrogen and oxygen atoms in total. The Morgan fingerprint density at radius 2 is 1.92 bits per heavy atom. The number of amides is 4. The van der Waals surface area contributed by atoms with Crippen LogP contribution < -0.4 is 20.1 Å². The van der Waals surface area contributed by atoms with Gasteiger partial charge in [0.05, 0.1) is 14.2 Å². The molecule has 1 fully saturated rings. The fraction of sp³-hybridized carbons (Fsp3) is 0.208. The molecular weight excluding hydrogens is 507 g/mol. The number of anilines is 1. The second kappa shape index (κ2) is 10.6. The number of carboxylic acid groups (broad SMARTS) is 1. The van der Waals surface area contributed by atoms with Crippen LogP contribution in [0.1, 0.15) is 27.7 Å². The Morgan fingerprint density at radius 3 is 2.57 bits per heavy atom. The maximum absolute atomic E-state index is 14.3. The molecule has 0 spiro atoms. The smallest absolute Gasteiger partial charge is 0.355 e. The molecule has 1 saturated heterocycles. The molecule has 2 heterocycles. The van der Waals surface area contributed by atoms with Crippen molar-refractivity contribution >= 4 is 40.3 Å². The number of aromatic nitrogens is 1. The van der Waals surface area contributed by atoms with Crippen LogP contribution in [0.5, 0.6) is 11.5 Å². The van der Waals surface area contributed by atoms with E-state index in [4.69, 9.17) is 14.6 Å². The normalized spacial score (nSPS) is 15.8. The van der Waals surface area contributed by atoms with Crippen LogP contribution in [0.3, 0.4) is 0 Å². The van der Waals surface area contributed by atoms with Gasteiger partial charge in [0.25, 0.3) is 5.91 Å². The number of para-hydroxylation sites is 1. The zero-order chi connectivity index (χ0) is 26.7. The van der Waals surface area contributed by atoms with Crippen molar-refractivity contribution in [1.29, 1.82) is 0 Å². The number of methoxy groups -OCH3 is 2. The quantitative estimate of drug-likeness (QED) is 0.359. The van der Waals surface area contributed by atoms with Gasteiger partial charge in [-0.05, 0) is 29.3 Å². The van der Waals surface area contributed by atoms with E-state index in [9.17, 15) is 23.6 Å². The van der Waals surface area contributed by atoms with Gasteiger partial charge in [0.15, 0.2) is 22.4 Å². The van der Waals surface area contributed by atoms with E-state index in [1.807, 2.05) is 0 Å². The summed E-state index contributed by atoms with van der Waals surface area (Å²) < 4.78 is 24.5. The van der Waals surface area contributed by atoms with Gasteiger partial charge in [0.1, 0.15) is 17.8 Å². The fourth-order valence-corrected chi connectivity index (χ4v) is 4.56. The summed E-state index contributed by atoms with van der Waals surface area (Å²) in [6.45, 7) is 0. The number of carboxylic acids is 1. The number of nitrogens with zero attached hydrogens (tertiary/aromatic N) is 2. The lowest BCUT2D eigenvalue weighted by Gasteiger charge is -2.25.